The maximum absolute atomic E-state index is 13.0. The van der Waals surface area contributed by atoms with Crippen molar-refractivity contribution in [1.29, 1.82) is 0 Å². The number of fused-ring (bicyclic) bond motifs is 2. The summed E-state index contributed by atoms with van der Waals surface area (Å²) in [5.41, 5.74) is 1.96. The number of aromatic nitrogens is 2. The second kappa shape index (κ2) is 6.23. The molecule has 0 aliphatic carbocycles. The number of amides is 1. The third kappa shape index (κ3) is 2.86. The topological polar surface area (TPSA) is 76.6 Å². The first-order valence-electron chi connectivity index (χ1n) is 8.40. The minimum atomic E-state index is -0.644. The summed E-state index contributed by atoms with van der Waals surface area (Å²) in [6.07, 6.45) is -0.293. The summed E-state index contributed by atoms with van der Waals surface area (Å²) in [6.45, 7) is 2.97. The standard InChI is InChI=1S/C18H20N4O3/c1-11-17(25-15-6-4-3-5-14(15)24-11)18(23)22-8-7-13-12(10-22)9-16(19-2)21-20-13/h3-6,9,11,17H,7-8,10H2,1-2H3,(H,19,21)/t11-,17+/m0/s1. The highest BCUT2D eigenvalue weighted by molar-refractivity contribution is 5.82. The number of anilines is 1. The van der Waals surface area contributed by atoms with Crippen LogP contribution in [0.4, 0.5) is 5.82 Å². The fourth-order valence-electron chi connectivity index (χ4n) is 3.21. The van der Waals surface area contributed by atoms with Crippen LogP contribution in [0.1, 0.15) is 18.2 Å². The lowest BCUT2D eigenvalue weighted by atomic mass is 10.0. The number of carbonyl (C=O) groups excluding carboxylic acids is 1. The van der Waals surface area contributed by atoms with Gasteiger partial charge in [-0.05, 0) is 30.7 Å². The van der Waals surface area contributed by atoms with Crippen molar-refractivity contribution in [2.45, 2.75) is 32.1 Å². The summed E-state index contributed by atoms with van der Waals surface area (Å²) in [6, 6.07) is 9.37. The number of para-hydroxylation sites is 2. The van der Waals surface area contributed by atoms with Crippen LogP contribution >= 0.6 is 0 Å². The van der Waals surface area contributed by atoms with E-state index < -0.39 is 6.10 Å². The van der Waals surface area contributed by atoms with E-state index in [1.54, 1.807) is 7.05 Å². The molecular weight excluding hydrogens is 320 g/mol. The molecule has 1 amide bonds. The average Bonchev–Trinajstić information content (AvgIpc) is 2.66. The molecule has 0 radical (unpaired) electrons. The van der Waals surface area contributed by atoms with Gasteiger partial charge in [-0.3, -0.25) is 4.79 Å². The number of ether oxygens (including phenoxy) is 2. The molecule has 130 valence electrons. The minimum Gasteiger partial charge on any atom is -0.482 e. The monoisotopic (exact) mass is 340 g/mol. The smallest absolute Gasteiger partial charge is 0.267 e. The van der Waals surface area contributed by atoms with Gasteiger partial charge in [0.25, 0.3) is 5.91 Å². The number of carbonyl (C=O) groups is 1. The van der Waals surface area contributed by atoms with Crippen LogP contribution in [-0.4, -0.2) is 46.8 Å². The first kappa shape index (κ1) is 15.7. The van der Waals surface area contributed by atoms with Gasteiger partial charge < -0.3 is 19.7 Å². The highest BCUT2D eigenvalue weighted by Crippen LogP contribution is 2.34. The van der Waals surface area contributed by atoms with Crippen molar-refractivity contribution in [1.82, 2.24) is 15.1 Å². The van der Waals surface area contributed by atoms with Crippen LogP contribution in [-0.2, 0) is 17.8 Å². The molecule has 0 unspecified atom stereocenters. The van der Waals surface area contributed by atoms with E-state index in [1.165, 1.54) is 0 Å². The molecule has 1 aromatic carbocycles. The molecule has 0 bridgehead atoms. The first-order valence-corrected chi connectivity index (χ1v) is 8.40. The van der Waals surface area contributed by atoms with E-state index in [4.69, 9.17) is 9.47 Å². The molecule has 1 N–H and O–H groups in total. The van der Waals surface area contributed by atoms with Gasteiger partial charge in [-0.1, -0.05) is 12.1 Å². The lowest BCUT2D eigenvalue weighted by Crippen LogP contribution is -2.51. The van der Waals surface area contributed by atoms with Crippen LogP contribution in [0.15, 0.2) is 30.3 Å². The molecule has 0 saturated heterocycles. The van der Waals surface area contributed by atoms with E-state index in [1.807, 2.05) is 42.2 Å². The molecule has 0 spiro atoms. The minimum absolute atomic E-state index is 0.0597. The maximum Gasteiger partial charge on any atom is 0.267 e. The Morgan fingerprint density at radius 2 is 2.00 bits per heavy atom. The van der Waals surface area contributed by atoms with Gasteiger partial charge in [-0.25, -0.2) is 0 Å². The summed E-state index contributed by atoms with van der Waals surface area (Å²) in [5, 5.41) is 11.3. The SMILES string of the molecule is CNc1cc2c(nn1)CCN(C(=O)[C@@H]1Oc3ccccc3O[C@H]1C)C2. The van der Waals surface area contributed by atoms with Crippen LogP contribution < -0.4 is 14.8 Å². The molecule has 2 aliphatic heterocycles. The third-order valence-corrected chi connectivity index (χ3v) is 4.59. The van der Waals surface area contributed by atoms with Crippen molar-refractivity contribution >= 4 is 11.7 Å². The number of nitrogens with one attached hydrogen (secondary N) is 1. The second-order valence-electron chi connectivity index (χ2n) is 6.27. The van der Waals surface area contributed by atoms with Crippen LogP contribution in [0.5, 0.6) is 11.5 Å². The summed E-state index contributed by atoms with van der Waals surface area (Å²) >= 11 is 0. The average molecular weight is 340 g/mol. The van der Waals surface area contributed by atoms with Gasteiger partial charge in [0.05, 0.1) is 5.69 Å². The van der Waals surface area contributed by atoms with Crippen molar-refractivity contribution in [3.8, 4) is 11.5 Å². The molecular formula is C18H20N4O3. The van der Waals surface area contributed by atoms with Gasteiger partial charge in [0.15, 0.2) is 11.5 Å². The fraction of sp³-hybridized carbons (Fsp3) is 0.389. The summed E-state index contributed by atoms with van der Waals surface area (Å²) in [7, 11) is 1.80. The van der Waals surface area contributed by atoms with E-state index in [2.05, 4.69) is 15.5 Å². The quantitative estimate of drug-likeness (QED) is 0.895. The lowest BCUT2D eigenvalue weighted by molar-refractivity contribution is -0.145. The Morgan fingerprint density at radius 3 is 2.76 bits per heavy atom. The Balaban J connectivity index is 1.53. The molecule has 7 heteroatoms. The van der Waals surface area contributed by atoms with Crippen molar-refractivity contribution in [3.63, 3.8) is 0 Å². The molecule has 2 atom stereocenters. The van der Waals surface area contributed by atoms with Gasteiger partial charge in [0.1, 0.15) is 11.9 Å². The Kier molecular flexibility index (Phi) is 3.91. The highest BCUT2D eigenvalue weighted by atomic mass is 16.6. The Morgan fingerprint density at radius 1 is 1.24 bits per heavy atom. The van der Waals surface area contributed by atoms with Gasteiger partial charge >= 0.3 is 0 Å². The molecule has 7 nitrogen and oxygen atoms in total. The van der Waals surface area contributed by atoms with E-state index in [0.29, 0.717) is 36.8 Å². The molecule has 4 rings (SSSR count). The zero-order chi connectivity index (χ0) is 17.4. The molecule has 2 aliphatic rings. The predicted molar refractivity (Wildman–Crippen MR) is 91.6 cm³/mol. The van der Waals surface area contributed by atoms with Gasteiger partial charge in [-0.15, -0.1) is 5.10 Å². The third-order valence-electron chi connectivity index (χ3n) is 4.59. The van der Waals surface area contributed by atoms with Crippen LogP contribution in [0.25, 0.3) is 0 Å². The predicted octanol–water partition coefficient (Wildman–Crippen LogP) is 1.63. The number of rotatable bonds is 2. The Hall–Kier alpha value is -2.83. The van der Waals surface area contributed by atoms with Crippen LogP contribution in [0.2, 0.25) is 0 Å². The molecule has 1 aromatic heterocycles. The second-order valence-corrected chi connectivity index (χ2v) is 6.27. The zero-order valence-electron chi connectivity index (χ0n) is 14.2. The molecule has 2 aromatic rings. The number of hydrogen-bond acceptors (Lipinski definition) is 6. The largest absolute Gasteiger partial charge is 0.482 e. The molecule has 25 heavy (non-hydrogen) atoms. The van der Waals surface area contributed by atoms with Crippen molar-refractivity contribution in [2.75, 3.05) is 18.9 Å². The van der Waals surface area contributed by atoms with Gasteiger partial charge in [0, 0.05) is 26.6 Å². The van der Waals surface area contributed by atoms with Crippen molar-refractivity contribution in [3.05, 3.63) is 41.6 Å². The number of hydrogen-bond donors (Lipinski definition) is 1. The lowest BCUT2D eigenvalue weighted by Gasteiger charge is -2.36. The van der Waals surface area contributed by atoms with E-state index in [0.717, 1.165) is 11.3 Å². The molecule has 0 fully saturated rings. The van der Waals surface area contributed by atoms with E-state index >= 15 is 0 Å². The Bertz CT molecular complexity index is 811. The fourth-order valence-corrected chi connectivity index (χ4v) is 3.21. The zero-order valence-corrected chi connectivity index (χ0v) is 14.2. The first-order chi connectivity index (χ1) is 12.2. The Labute approximate surface area is 146 Å². The summed E-state index contributed by atoms with van der Waals surface area (Å²) in [4.78, 5) is 14.8. The van der Waals surface area contributed by atoms with Gasteiger partial charge in [-0.2, -0.15) is 5.10 Å². The molecule has 3 heterocycles. The van der Waals surface area contributed by atoms with E-state index in [9.17, 15) is 4.79 Å². The summed E-state index contributed by atoms with van der Waals surface area (Å²) < 4.78 is 11.8. The van der Waals surface area contributed by atoms with Crippen LogP contribution in [0, 0.1) is 0 Å². The van der Waals surface area contributed by atoms with E-state index in [-0.39, 0.29) is 12.0 Å². The normalized spacial score (nSPS) is 21.4. The highest BCUT2D eigenvalue weighted by Gasteiger charge is 2.37. The van der Waals surface area contributed by atoms with Crippen molar-refractivity contribution in [2.24, 2.45) is 0 Å². The van der Waals surface area contributed by atoms with Crippen molar-refractivity contribution < 1.29 is 14.3 Å². The maximum atomic E-state index is 13.0. The summed E-state index contributed by atoms with van der Waals surface area (Å²) in [5.74, 6) is 1.93. The molecule has 0 saturated carbocycles. The number of benzene rings is 1. The van der Waals surface area contributed by atoms with Crippen LogP contribution in [0.3, 0.4) is 0 Å². The number of nitrogens with zero attached hydrogens (tertiary/aromatic N) is 3. The van der Waals surface area contributed by atoms with Gasteiger partial charge in [0.2, 0.25) is 6.10 Å².